The summed E-state index contributed by atoms with van der Waals surface area (Å²) in [6.45, 7) is 3.86. The van der Waals surface area contributed by atoms with Gasteiger partial charge in [-0.15, -0.1) is 11.3 Å². The van der Waals surface area contributed by atoms with E-state index >= 15 is 0 Å². The lowest BCUT2D eigenvalue weighted by Crippen LogP contribution is -3.15. The molecule has 7 heteroatoms. The summed E-state index contributed by atoms with van der Waals surface area (Å²) in [6.07, 6.45) is 0. The van der Waals surface area contributed by atoms with Crippen LogP contribution in [-0.2, 0) is 4.74 Å². The standard InChI is InChI=1S/C26H24FN3O2S/c27-19-9-7-18(8-10-19)23-16-21(20-4-1-2-5-22(20)29-23)26(31)28-17-24(25-6-3-15-33-25)30-11-13-32-14-12-30/h1-10,15-16,24H,11-14,17H2,(H,28,31)/p+1/t24-/m1/s1. The molecule has 1 saturated heterocycles. The van der Waals surface area contributed by atoms with Crippen LogP contribution in [0.15, 0.2) is 72.1 Å². The van der Waals surface area contributed by atoms with Crippen molar-refractivity contribution >= 4 is 28.1 Å². The van der Waals surface area contributed by atoms with E-state index in [9.17, 15) is 9.18 Å². The van der Waals surface area contributed by atoms with Gasteiger partial charge >= 0.3 is 0 Å². The third-order valence-electron chi connectivity index (χ3n) is 6.08. The Hall–Kier alpha value is -3.13. The van der Waals surface area contributed by atoms with Gasteiger partial charge < -0.3 is 15.0 Å². The molecule has 5 rings (SSSR count). The van der Waals surface area contributed by atoms with Crippen LogP contribution in [0.2, 0.25) is 0 Å². The number of quaternary nitrogens is 1. The number of nitrogens with one attached hydrogen (secondary N) is 2. The zero-order valence-electron chi connectivity index (χ0n) is 18.1. The van der Waals surface area contributed by atoms with E-state index in [1.54, 1.807) is 29.5 Å². The van der Waals surface area contributed by atoms with E-state index in [1.807, 2.05) is 24.3 Å². The molecule has 0 unspecified atom stereocenters. The van der Waals surface area contributed by atoms with Gasteiger partial charge in [0.25, 0.3) is 5.91 Å². The molecule has 1 amide bonds. The van der Waals surface area contributed by atoms with Gasteiger partial charge in [0, 0.05) is 10.9 Å². The van der Waals surface area contributed by atoms with Crippen LogP contribution in [0, 0.1) is 5.82 Å². The summed E-state index contributed by atoms with van der Waals surface area (Å²) in [6, 6.07) is 20.0. The van der Waals surface area contributed by atoms with Gasteiger partial charge in [-0.25, -0.2) is 9.37 Å². The number of benzene rings is 2. The number of para-hydroxylation sites is 1. The fraction of sp³-hybridized carbons (Fsp3) is 0.231. The minimum atomic E-state index is -0.303. The number of halogens is 1. The van der Waals surface area contributed by atoms with Crippen LogP contribution in [0.5, 0.6) is 0 Å². The van der Waals surface area contributed by atoms with E-state index in [-0.39, 0.29) is 17.8 Å². The Balaban J connectivity index is 1.44. The summed E-state index contributed by atoms with van der Waals surface area (Å²) in [5.41, 5.74) is 2.72. The summed E-state index contributed by atoms with van der Waals surface area (Å²) < 4.78 is 19.0. The monoisotopic (exact) mass is 462 g/mol. The second-order valence-corrected chi connectivity index (χ2v) is 9.11. The molecular weight excluding hydrogens is 437 g/mol. The number of hydrogen-bond donors (Lipinski definition) is 2. The number of carbonyl (C=O) groups excluding carboxylic acids is 1. The number of ether oxygens (including phenoxy) is 1. The van der Waals surface area contributed by atoms with Gasteiger partial charge in [0.2, 0.25) is 0 Å². The molecule has 1 aliphatic heterocycles. The molecule has 0 aliphatic carbocycles. The Morgan fingerprint density at radius 3 is 2.64 bits per heavy atom. The number of fused-ring (bicyclic) bond motifs is 1. The lowest BCUT2D eigenvalue weighted by molar-refractivity contribution is -0.937. The van der Waals surface area contributed by atoms with E-state index in [4.69, 9.17) is 9.72 Å². The van der Waals surface area contributed by atoms with Crippen molar-refractivity contribution in [2.45, 2.75) is 6.04 Å². The fourth-order valence-electron chi connectivity index (χ4n) is 4.34. The molecule has 3 heterocycles. The van der Waals surface area contributed by atoms with Crippen molar-refractivity contribution in [1.82, 2.24) is 10.3 Å². The number of pyridine rings is 1. The van der Waals surface area contributed by atoms with Crippen molar-refractivity contribution in [3.63, 3.8) is 0 Å². The number of nitrogens with zero attached hydrogens (tertiary/aromatic N) is 1. The largest absolute Gasteiger partial charge is 0.370 e. The molecule has 33 heavy (non-hydrogen) atoms. The number of carbonyl (C=O) groups is 1. The lowest BCUT2D eigenvalue weighted by atomic mass is 10.0. The average molecular weight is 463 g/mol. The van der Waals surface area contributed by atoms with Gasteiger partial charge in [-0.1, -0.05) is 24.3 Å². The second kappa shape index (κ2) is 9.79. The van der Waals surface area contributed by atoms with Crippen molar-refractivity contribution in [1.29, 1.82) is 0 Å². The molecule has 2 aromatic heterocycles. The molecule has 0 radical (unpaired) electrons. The quantitative estimate of drug-likeness (QED) is 0.461. The first kappa shape index (κ1) is 21.7. The first-order valence-corrected chi connectivity index (χ1v) is 12.0. The topological polar surface area (TPSA) is 55.7 Å². The third-order valence-corrected chi connectivity index (χ3v) is 7.07. The molecule has 2 aromatic carbocycles. The first-order valence-electron chi connectivity index (χ1n) is 11.1. The van der Waals surface area contributed by atoms with E-state index in [1.165, 1.54) is 21.9 Å². The van der Waals surface area contributed by atoms with E-state index in [2.05, 4.69) is 22.8 Å². The van der Waals surface area contributed by atoms with Gasteiger partial charge in [-0.2, -0.15) is 0 Å². The maximum atomic E-state index is 13.4. The normalized spacial score (nSPS) is 15.4. The van der Waals surface area contributed by atoms with Crippen LogP contribution in [0.25, 0.3) is 22.2 Å². The smallest absolute Gasteiger partial charge is 0.252 e. The number of hydrogen-bond acceptors (Lipinski definition) is 4. The highest BCUT2D eigenvalue weighted by Gasteiger charge is 2.28. The van der Waals surface area contributed by atoms with Gasteiger partial charge in [0.15, 0.2) is 0 Å². The number of amides is 1. The van der Waals surface area contributed by atoms with Gasteiger partial charge in [0.1, 0.15) is 24.9 Å². The maximum absolute atomic E-state index is 13.4. The van der Waals surface area contributed by atoms with Crippen LogP contribution >= 0.6 is 11.3 Å². The summed E-state index contributed by atoms with van der Waals surface area (Å²) in [5, 5.41) is 6.06. The Labute approximate surface area is 195 Å². The Bertz CT molecular complexity index is 1240. The number of thiophene rings is 1. The van der Waals surface area contributed by atoms with E-state index in [0.717, 1.165) is 42.8 Å². The van der Waals surface area contributed by atoms with Crippen LogP contribution in [0.1, 0.15) is 21.3 Å². The summed E-state index contributed by atoms with van der Waals surface area (Å²) in [4.78, 5) is 20.8. The number of rotatable bonds is 6. The van der Waals surface area contributed by atoms with Crippen molar-refractivity contribution in [2.24, 2.45) is 0 Å². The molecule has 2 N–H and O–H groups in total. The molecule has 1 fully saturated rings. The number of morpholine rings is 1. The van der Waals surface area contributed by atoms with Gasteiger partial charge in [-0.05, 0) is 47.8 Å². The van der Waals surface area contributed by atoms with Crippen molar-refractivity contribution in [3.8, 4) is 11.3 Å². The van der Waals surface area contributed by atoms with Crippen LogP contribution < -0.4 is 10.2 Å². The van der Waals surface area contributed by atoms with Crippen LogP contribution in [0.4, 0.5) is 4.39 Å². The zero-order chi connectivity index (χ0) is 22.6. The highest BCUT2D eigenvalue weighted by molar-refractivity contribution is 7.10. The van der Waals surface area contributed by atoms with E-state index < -0.39 is 0 Å². The Morgan fingerprint density at radius 2 is 1.88 bits per heavy atom. The highest BCUT2D eigenvalue weighted by atomic mass is 32.1. The molecule has 5 nitrogen and oxygen atoms in total. The molecule has 168 valence electrons. The van der Waals surface area contributed by atoms with Crippen molar-refractivity contribution < 1.29 is 18.8 Å². The Kier molecular flexibility index (Phi) is 6.44. The predicted octanol–water partition coefficient (Wildman–Crippen LogP) is 3.49. The van der Waals surface area contributed by atoms with Crippen molar-refractivity contribution in [2.75, 3.05) is 32.8 Å². The van der Waals surface area contributed by atoms with Crippen LogP contribution in [-0.4, -0.2) is 43.7 Å². The summed E-state index contributed by atoms with van der Waals surface area (Å²) >= 11 is 1.72. The summed E-state index contributed by atoms with van der Waals surface area (Å²) in [5.74, 6) is -0.436. The SMILES string of the molecule is O=C(NC[C@H](c1cccs1)[NH+]1CCOCC1)c1cc(-c2ccc(F)cc2)nc2ccccc12. The third kappa shape index (κ3) is 4.80. The first-order chi connectivity index (χ1) is 16.2. The Morgan fingerprint density at radius 1 is 1.09 bits per heavy atom. The molecule has 0 saturated carbocycles. The fourth-order valence-corrected chi connectivity index (χ4v) is 5.23. The van der Waals surface area contributed by atoms with Crippen LogP contribution in [0.3, 0.4) is 0 Å². The lowest BCUT2D eigenvalue weighted by Gasteiger charge is -2.31. The minimum absolute atomic E-state index is 0.133. The molecule has 0 spiro atoms. The molecular formula is C26H25FN3O2S+. The maximum Gasteiger partial charge on any atom is 0.252 e. The molecule has 1 atom stereocenters. The highest BCUT2D eigenvalue weighted by Crippen LogP contribution is 2.25. The van der Waals surface area contributed by atoms with Crippen molar-refractivity contribution in [3.05, 3.63) is 88.4 Å². The zero-order valence-corrected chi connectivity index (χ0v) is 18.9. The predicted molar refractivity (Wildman–Crippen MR) is 128 cm³/mol. The minimum Gasteiger partial charge on any atom is -0.370 e. The van der Waals surface area contributed by atoms with E-state index in [0.29, 0.717) is 17.8 Å². The van der Waals surface area contributed by atoms with Gasteiger partial charge in [-0.3, -0.25) is 4.79 Å². The summed E-state index contributed by atoms with van der Waals surface area (Å²) in [7, 11) is 0. The second-order valence-electron chi connectivity index (χ2n) is 8.13. The van der Waals surface area contributed by atoms with Gasteiger partial charge in [0.05, 0.1) is 41.4 Å². The average Bonchev–Trinajstić information content (AvgIpc) is 3.39. The molecule has 0 bridgehead atoms. The molecule has 4 aromatic rings. The number of aromatic nitrogens is 1. The molecule has 1 aliphatic rings.